The van der Waals surface area contributed by atoms with Crippen molar-refractivity contribution in [3.8, 4) is 11.6 Å². The van der Waals surface area contributed by atoms with E-state index in [0.717, 1.165) is 0 Å². The van der Waals surface area contributed by atoms with Crippen molar-refractivity contribution < 1.29 is 19.7 Å². The Morgan fingerprint density at radius 1 is 1.44 bits per heavy atom. The van der Waals surface area contributed by atoms with Gasteiger partial charge in [0.2, 0.25) is 5.88 Å². The molecule has 1 aromatic heterocycles. The van der Waals surface area contributed by atoms with Crippen LogP contribution in [-0.4, -0.2) is 28.3 Å². The third-order valence-corrected chi connectivity index (χ3v) is 2.21. The van der Waals surface area contributed by atoms with E-state index in [9.17, 15) is 9.90 Å². The fourth-order valence-corrected chi connectivity index (χ4v) is 1.47. The van der Waals surface area contributed by atoms with Crippen LogP contribution in [0.25, 0.3) is 10.9 Å². The lowest BCUT2D eigenvalue weighted by Gasteiger charge is -2.06. The quantitative estimate of drug-likeness (QED) is 0.802. The number of para-hydroxylation sites is 1. The zero-order chi connectivity index (χ0) is 11.7. The average Bonchev–Trinajstić information content (AvgIpc) is 2.28. The van der Waals surface area contributed by atoms with Crippen LogP contribution in [0.1, 0.15) is 10.4 Å². The lowest BCUT2D eigenvalue weighted by atomic mass is 10.1. The average molecular weight is 219 g/mol. The van der Waals surface area contributed by atoms with E-state index in [2.05, 4.69) is 4.98 Å². The van der Waals surface area contributed by atoms with E-state index in [0.29, 0.717) is 10.9 Å². The van der Waals surface area contributed by atoms with Crippen LogP contribution in [0.4, 0.5) is 0 Å². The second-order valence-electron chi connectivity index (χ2n) is 3.20. The van der Waals surface area contributed by atoms with Crippen LogP contribution in [-0.2, 0) is 0 Å². The van der Waals surface area contributed by atoms with E-state index < -0.39 is 5.97 Å². The van der Waals surface area contributed by atoms with E-state index in [1.807, 2.05) is 0 Å². The van der Waals surface area contributed by atoms with Crippen LogP contribution in [0.3, 0.4) is 0 Å². The molecular formula is C11H9NO4. The Hall–Kier alpha value is -2.30. The maximum atomic E-state index is 10.9. The highest BCUT2D eigenvalue weighted by Crippen LogP contribution is 2.27. The summed E-state index contributed by atoms with van der Waals surface area (Å²) in [5, 5.41) is 19.1. The van der Waals surface area contributed by atoms with Gasteiger partial charge in [-0.05, 0) is 12.1 Å². The molecule has 1 heterocycles. The van der Waals surface area contributed by atoms with Crippen LogP contribution in [0.2, 0.25) is 0 Å². The number of benzene rings is 1. The van der Waals surface area contributed by atoms with Crippen molar-refractivity contribution in [2.45, 2.75) is 0 Å². The number of phenolic OH excluding ortho intramolecular Hbond substituents is 1. The van der Waals surface area contributed by atoms with Gasteiger partial charge in [0.15, 0.2) is 0 Å². The minimum absolute atomic E-state index is 0.00672. The number of aromatic carboxylic acids is 1. The number of carbonyl (C=O) groups is 1. The summed E-state index contributed by atoms with van der Waals surface area (Å²) in [6.45, 7) is 0. The summed E-state index contributed by atoms with van der Waals surface area (Å²) in [5.74, 6) is -1.14. The molecule has 0 unspecified atom stereocenters. The van der Waals surface area contributed by atoms with E-state index in [-0.39, 0.29) is 17.2 Å². The van der Waals surface area contributed by atoms with Crippen LogP contribution in [0.15, 0.2) is 24.3 Å². The zero-order valence-corrected chi connectivity index (χ0v) is 8.47. The molecule has 0 atom stereocenters. The molecule has 0 radical (unpaired) electrons. The zero-order valence-electron chi connectivity index (χ0n) is 8.47. The molecule has 0 saturated carbocycles. The smallest absolute Gasteiger partial charge is 0.341 e. The molecule has 16 heavy (non-hydrogen) atoms. The van der Waals surface area contributed by atoms with Gasteiger partial charge in [-0.25, -0.2) is 9.78 Å². The minimum atomic E-state index is -1.12. The highest BCUT2D eigenvalue weighted by molar-refractivity contribution is 5.96. The number of carboxylic acids is 1. The number of carboxylic acid groups (broad SMARTS) is 1. The molecule has 0 aliphatic rings. The molecule has 0 spiro atoms. The molecule has 0 aliphatic heterocycles. The van der Waals surface area contributed by atoms with Crippen LogP contribution < -0.4 is 4.74 Å². The first-order valence-corrected chi connectivity index (χ1v) is 4.53. The first-order valence-electron chi connectivity index (χ1n) is 4.53. The second kappa shape index (κ2) is 3.69. The number of nitrogens with zero attached hydrogens (tertiary/aromatic N) is 1. The van der Waals surface area contributed by atoms with Crippen LogP contribution in [0.5, 0.6) is 11.6 Å². The van der Waals surface area contributed by atoms with Crippen molar-refractivity contribution in [2.24, 2.45) is 0 Å². The Kier molecular flexibility index (Phi) is 2.36. The van der Waals surface area contributed by atoms with Gasteiger partial charge < -0.3 is 14.9 Å². The Balaban J connectivity index is 2.80. The fourth-order valence-electron chi connectivity index (χ4n) is 1.47. The summed E-state index contributed by atoms with van der Waals surface area (Å²) >= 11 is 0. The first kappa shape index (κ1) is 10.2. The summed E-state index contributed by atoms with van der Waals surface area (Å²) in [4.78, 5) is 14.9. The number of hydrogen-bond donors (Lipinski definition) is 2. The molecule has 0 bridgehead atoms. The topological polar surface area (TPSA) is 79.7 Å². The number of phenols is 1. The molecule has 2 aromatic rings. The molecule has 0 aliphatic carbocycles. The highest BCUT2D eigenvalue weighted by atomic mass is 16.5. The van der Waals surface area contributed by atoms with Crippen molar-refractivity contribution in [3.05, 3.63) is 29.8 Å². The molecule has 82 valence electrons. The minimum Gasteiger partial charge on any atom is -0.506 e. The molecular weight excluding hydrogens is 210 g/mol. The lowest BCUT2D eigenvalue weighted by Crippen LogP contribution is -2.02. The molecule has 5 heteroatoms. The molecule has 2 N–H and O–H groups in total. The van der Waals surface area contributed by atoms with E-state index in [1.54, 1.807) is 12.1 Å². The van der Waals surface area contributed by atoms with Crippen molar-refractivity contribution in [1.29, 1.82) is 0 Å². The second-order valence-corrected chi connectivity index (χ2v) is 3.20. The number of rotatable bonds is 2. The van der Waals surface area contributed by atoms with Gasteiger partial charge >= 0.3 is 5.97 Å². The third kappa shape index (κ3) is 1.52. The Morgan fingerprint density at radius 2 is 2.19 bits per heavy atom. The predicted octanol–water partition coefficient (Wildman–Crippen LogP) is 1.65. The number of aromatic nitrogens is 1. The number of hydrogen-bond acceptors (Lipinski definition) is 4. The monoisotopic (exact) mass is 219 g/mol. The SMILES string of the molecule is COc1nc2c(O)cccc2cc1C(=O)O. The number of aromatic hydroxyl groups is 1. The van der Waals surface area contributed by atoms with Crippen molar-refractivity contribution in [1.82, 2.24) is 4.98 Å². The first-order chi connectivity index (χ1) is 7.63. The highest BCUT2D eigenvalue weighted by Gasteiger charge is 2.14. The molecule has 0 amide bonds. The molecule has 5 nitrogen and oxygen atoms in total. The lowest BCUT2D eigenvalue weighted by molar-refractivity contribution is 0.0692. The van der Waals surface area contributed by atoms with Crippen LogP contribution >= 0.6 is 0 Å². The van der Waals surface area contributed by atoms with E-state index in [1.165, 1.54) is 19.2 Å². The number of methoxy groups -OCH3 is 1. The summed E-state index contributed by atoms with van der Waals surface area (Å²) in [7, 11) is 1.33. The Bertz CT molecular complexity index is 565. The summed E-state index contributed by atoms with van der Waals surface area (Å²) in [5.41, 5.74) is 0.296. The predicted molar refractivity (Wildman–Crippen MR) is 56.9 cm³/mol. The molecule has 0 fully saturated rings. The van der Waals surface area contributed by atoms with Gasteiger partial charge in [0.25, 0.3) is 0 Å². The molecule has 2 rings (SSSR count). The van der Waals surface area contributed by atoms with Crippen molar-refractivity contribution in [3.63, 3.8) is 0 Å². The van der Waals surface area contributed by atoms with E-state index >= 15 is 0 Å². The van der Waals surface area contributed by atoms with Gasteiger partial charge in [-0.2, -0.15) is 0 Å². The Labute approximate surface area is 90.9 Å². The number of fused-ring (bicyclic) bond motifs is 1. The largest absolute Gasteiger partial charge is 0.506 e. The Morgan fingerprint density at radius 3 is 2.81 bits per heavy atom. The number of pyridine rings is 1. The van der Waals surface area contributed by atoms with Gasteiger partial charge in [-0.3, -0.25) is 0 Å². The molecule has 0 saturated heterocycles. The van der Waals surface area contributed by atoms with Gasteiger partial charge in [-0.1, -0.05) is 12.1 Å². The summed E-state index contributed by atoms with van der Waals surface area (Å²) < 4.78 is 4.87. The fraction of sp³-hybridized carbons (Fsp3) is 0.0909. The van der Waals surface area contributed by atoms with Gasteiger partial charge in [0, 0.05) is 5.39 Å². The van der Waals surface area contributed by atoms with Gasteiger partial charge in [0.1, 0.15) is 16.8 Å². The summed E-state index contributed by atoms with van der Waals surface area (Å²) in [6.07, 6.45) is 0. The summed E-state index contributed by atoms with van der Waals surface area (Å²) in [6, 6.07) is 6.20. The van der Waals surface area contributed by atoms with Crippen LogP contribution in [0, 0.1) is 0 Å². The standard InChI is InChI=1S/C11H9NO4/c1-16-10-7(11(14)15)5-6-3-2-4-8(13)9(6)12-10/h2-5,13H,1H3,(H,14,15). The maximum Gasteiger partial charge on any atom is 0.341 e. The number of ether oxygens (including phenoxy) is 1. The maximum absolute atomic E-state index is 10.9. The van der Waals surface area contributed by atoms with Crippen molar-refractivity contribution >= 4 is 16.9 Å². The van der Waals surface area contributed by atoms with E-state index in [4.69, 9.17) is 9.84 Å². The molecule has 1 aromatic carbocycles. The van der Waals surface area contributed by atoms with Gasteiger partial charge in [-0.15, -0.1) is 0 Å². The normalized spacial score (nSPS) is 10.3. The van der Waals surface area contributed by atoms with Crippen molar-refractivity contribution in [2.75, 3.05) is 7.11 Å². The van der Waals surface area contributed by atoms with Gasteiger partial charge in [0.05, 0.1) is 7.11 Å². The third-order valence-electron chi connectivity index (χ3n) is 2.21.